The lowest BCUT2D eigenvalue weighted by Crippen LogP contribution is -2.23. The maximum absolute atomic E-state index is 12.2. The summed E-state index contributed by atoms with van der Waals surface area (Å²) in [7, 11) is 1.76. The van der Waals surface area contributed by atoms with E-state index in [1.807, 2.05) is 66.9 Å². The molecule has 3 rings (SSSR count). The maximum atomic E-state index is 12.2. The minimum Gasteiger partial charge on any atom is -0.312 e. The zero-order chi connectivity index (χ0) is 16.1. The zero-order valence-electron chi connectivity index (χ0n) is 12.8. The Morgan fingerprint density at radius 3 is 2.39 bits per heavy atom. The number of anilines is 1. The maximum Gasteiger partial charge on any atom is 0.250 e. The number of hydrogen-bond donors (Lipinski definition) is 0. The Morgan fingerprint density at radius 2 is 1.70 bits per heavy atom. The fourth-order valence-corrected chi connectivity index (χ4v) is 2.20. The largest absolute Gasteiger partial charge is 0.312 e. The number of nitrogens with zero attached hydrogens (tertiary/aromatic N) is 3. The average Bonchev–Trinajstić information content (AvgIpc) is 3.09. The van der Waals surface area contributed by atoms with Crippen LogP contribution in [0.15, 0.2) is 79.1 Å². The minimum atomic E-state index is -0.0799. The van der Waals surface area contributed by atoms with Crippen molar-refractivity contribution in [2.45, 2.75) is 0 Å². The van der Waals surface area contributed by atoms with Gasteiger partial charge in [0.05, 0.1) is 11.9 Å². The van der Waals surface area contributed by atoms with Gasteiger partial charge in [-0.25, -0.2) is 4.68 Å². The van der Waals surface area contributed by atoms with Gasteiger partial charge in [-0.15, -0.1) is 0 Å². The number of benzene rings is 2. The van der Waals surface area contributed by atoms with Crippen LogP contribution in [0.5, 0.6) is 0 Å². The summed E-state index contributed by atoms with van der Waals surface area (Å²) in [4.78, 5) is 13.8. The molecular weight excluding hydrogens is 286 g/mol. The molecule has 1 amide bonds. The molecule has 0 fully saturated rings. The Labute approximate surface area is 135 Å². The van der Waals surface area contributed by atoms with E-state index in [4.69, 9.17) is 0 Å². The highest BCUT2D eigenvalue weighted by Gasteiger charge is 2.06. The van der Waals surface area contributed by atoms with Crippen molar-refractivity contribution in [3.63, 3.8) is 0 Å². The molecule has 0 bridgehead atoms. The van der Waals surface area contributed by atoms with Crippen LogP contribution in [0.25, 0.3) is 11.8 Å². The first kappa shape index (κ1) is 14.8. The summed E-state index contributed by atoms with van der Waals surface area (Å²) >= 11 is 0. The molecule has 0 unspecified atom stereocenters. The molecule has 3 aromatic rings. The van der Waals surface area contributed by atoms with Gasteiger partial charge >= 0.3 is 0 Å². The fourth-order valence-electron chi connectivity index (χ4n) is 2.20. The molecule has 0 radical (unpaired) electrons. The van der Waals surface area contributed by atoms with Crippen molar-refractivity contribution >= 4 is 17.7 Å². The summed E-state index contributed by atoms with van der Waals surface area (Å²) in [5.41, 5.74) is 2.73. The molecule has 1 aromatic heterocycles. The highest BCUT2D eigenvalue weighted by Crippen LogP contribution is 2.13. The molecular formula is C19H17N3O. The molecule has 0 atom stereocenters. The van der Waals surface area contributed by atoms with Crippen LogP contribution in [0.2, 0.25) is 0 Å². The summed E-state index contributed by atoms with van der Waals surface area (Å²) in [6.45, 7) is 0. The van der Waals surface area contributed by atoms with E-state index in [-0.39, 0.29) is 5.91 Å². The molecule has 4 nitrogen and oxygen atoms in total. The molecule has 0 aliphatic heterocycles. The minimum absolute atomic E-state index is 0.0799. The van der Waals surface area contributed by atoms with Crippen molar-refractivity contribution in [2.24, 2.45) is 0 Å². The molecule has 0 N–H and O–H groups in total. The lowest BCUT2D eigenvalue weighted by molar-refractivity contribution is -0.113. The van der Waals surface area contributed by atoms with Gasteiger partial charge in [-0.05, 0) is 30.3 Å². The molecule has 0 aliphatic carbocycles. The molecule has 23 heavy (non-hydrogen) atoms. The lowest BCUT2D eigenvalue weighted by atomic mass is 10.2. The first-order chi connectivity index (χ1) is 11.2. The second kappa shape index (κ2) is 6.75. The fraction of sp³-hybridized carbons (Fsp3) is 0.0526. The molecule has 114 valence electrons. The van der Waals surface area contributed by atoms with Crippen molar-refractivity contribution < 1.29 is 4.79 Å². The van der Waals surface area contributed by atoms with E-state index >= 15 is 0 Å². The van der Waals surface area contributed by atoms with Crippen molar-refractivity contribution in [1.82, 2.24) is 9.78 Å². The van der Waals surface area contributed by atoms with E-state index in [1.165, 1.54) is 0 Å². The van der Waals surface area contributed by atoms with Gasteiger partial charge in [0.15, 0.2) is 0 Å². The Bertz CT molecular complexity index is 807. The van der Waals surface area contributed by atoms with Crippen LogP contribution < -0.4 is 4.90 Å². The molecule has 0 saturated heterocycles. The molecule has 4 heteroatoms. The highest BCUT2D eigenvalue weighted by molar-refractivity contribution is 6.03. The van der Waals surface area contributed by atoms with Crippen LogP contribution in [0.4, 0.5) is 5.69 Å². The van der Waals surface area contributed by atoms with E-state index in [9.17, 15) is 4.79 Å². The SMILES string of the molecule is CN(C(=O)/C=C/c1cnn(-c2ccccc2)c1)c1ccccc1. The van der Waals surface area contributed by atoms with E-state index in [2.05, 4.69) is 5.10 Å². The van der Waals surface area contributed by atoms with Gasteiger partial charge in [0.2, 0.25) is 0 Å². The smallest absolute Gasteiger partial charge is 0.250 e. The van der Waals surface area contributed by atoms with Crippen LogP contribution in [-0.2, 0) is 4.79 Å². The first-order valence-corrected chi connectivity index (χ1v) is 7.35. The number of aromatic nitrogens is 2. The lowest BCUT2D eigenvalue weighted by Gasteiger charge is -2.14. The Morgan fingerprint density at radius 1 is 1.04 bits per heavy atom. The molecule has 2 aromatic carbocycles. The number of carbonyl (C=O) groups is 1. The van der Waals surface area contributed by atoms with Crippen molar-refractivity contribution in [3.05, 3.63) is 84.7 Å². The van der Waals surface area contributed by atoms with E-state index < -0.39 is 0 Å². The van der Waals surface area contributed by atoms with Crippen LogP contribution in [0.3, 0.4) is 0 Å². The van der Waals surface area contributed by atoms with Crippen molar-refractivity contribution in [2.75, 3.05) is 11.9 Å². The Hall–Kier alpha value is -3.14. The molecule has 1 heterocycles. The number of amides is 1. The van der Waals surface area contributed by atoms with Crippen molar-refractivity contribution in [1.29, 1.82) is 0 Å². The van der Waals surface area contributed by atoms with Crippen LogP contribution in [0.1, 0.15) is 5.56 Å². The molecule has 0 spiro atoms. The summed E-state index contributed by atoms with van der Waals surface area (Å²) in [6.07, 6.45) is 6.95. The second-order valence-electron chi connectivity index (χ2n) is 5.12. The first-order valence-electron chi connectivity index (χ1n) is 7.35. The van der Waals surface area contributed by atoms with Gasteiger partial charge in [-0.1, -0.05) is 36.4 Å². The van der Waals surface area contributed by atoms with Gasteiger partial charge in [0.25, 0.3) is 5.91 Å². The third-order valence-corrected chi connectivity index (χ3v) is 3.52. The topological polar surface area (TPSA) is 38.1 Å². The van der Waals surface area contributed by atoms with E-state index in [0.29, 0.717) is 0 Å². The Balaban J connectivity index is 1.71. The normalized spacial score (nSPS) is 10.8. The van der Waals surface area contributed by atoms with Crippen LogP contribution >= 0.6 is 0 Å². The number of para-hydroxylation sites is 2. The molecule has 0 saturated carbocycles. The van der Waals surface area contributed by atoms with Gasteiger partial charge in [0, 0.05) is 30.6 Å². The van der Waals surface area contributed by atoms with E-state index in [1.54, 1.807) is 35.0 Å². The summed E-state index contributed by atoms with van der Waals surface area (Å²) in [6, 6.07) is 19.4. The zero-order valence-corrected chi connectivity index (χ0v) is 12.8. The van der Waals surface area contributed by atoms with E-state index in [0.717, 1.165) is 16.9 Å². The highest BCUT2D eigenvalue weighted by atomic mass is 16.2. The van der Waals surface area contributed by atoms with Gasteiger partial charge in [-0.3, -0.25) is 4.79 Å². The number of likely N-dealkylation sites (N-methyl/N-ethyl adjacent to an activating group) is 1. The number of hydrogen-bond acceptors (Lipinski definition) is 2. The summed E-state index contributed by atoms with van der Waals surface area (Å²) < 4.78 is 1.78. The average molecular weight is 303 g/mol. The third-order valence-electron chi connectivity index (χ3n) is 3.52. The quantitative estimate of drug-likeness (QED) is 0.691. The Kier molecular flexibility index (Phi) is 4.34. The summed E-state index contributed by atoms with van der Waals surface area (Å²) in [5, 5.41) is 4.31. The van der Waals surface area contributed by atoms with Crippen LogP contribution in [0, 0.1) is 0 Å². The predicted molar refractivity (Wildman–Crippen MR) is 92.5 cm³/mol. The predicted octanol–water partition coefficient (Wildman–Crippen LogP) is 3.55. The van der Waals surface area contributed by atoms with Gasteiger partial charge in [0.1, 0.15) is 0 Å². The number of rotatable bonds is 4. The van der Waals surface area contributed by atoms with Gasteiger partial charge < -0.3 is 4.90 Å². The molecule has 0 aliphatic rings. The third kappa shape index (κ3) is 3.55. The number of carbonyl (C=O) groups excluding carboxylic acids is 1. The van der Waals surface area contributed by atoms with Gasteiger partial charge in [-0.2, -0.15) is 5.10 Å². The monoisotopic (exact) mass is 303 g/mol. The van der Waals surface area contributed by atoms with Crippen molar-refractivity contribution in [3.8, 4) is 5.69 Å². The standard InChI is InChI=1S/C19H17N3O/c1-21(17-8-4-2-5-9-17)19(23)13-12-16-14-20-22(15-16)18-10-6-3-7-11-18/h2-15H,1H3/b13-12+. The summed E-state index contributed by atoms with van der Waals surface area (Å²) in [5.74, 6) is -0.0799. The second-order valence-corrected chi connectivity index (χ2v) is 5.12. The van der Waals surface area contributed by atoms with Crippen LogP contribution in [-0.4, -0.2) is 22.7 Å².